The Balaban J connectivity index is 1.97. The molecule has 0 bridgehead atoms. The van der Waals surface area contributed by atoms with Crippen molar-refractivity contribution in [2.75, 3.05) is 26.1 Å². The molecule has 0 fully saturated rings. The molecule has 0 aliphatic carbocycles. The zero-order chi connectivity index (χ0) is 18.9. The van der Waals surface area contributed by atoms with Crippen molar-refractivity contribution in [2.45, 2.75) is 19.4 Å². The van der Waals surface area contributed by atoms with E-state index in [1.165, 1.54) is 12.1 Å². The highest BCUT2D eigenvalue weighted by molar-refractivity contribution is 5.92. The molecule has 0 aliphatic rings. The van der Waals surface area contributed by atoms with Crippen molar-refractivity contribution in [3.63, 3.8) is 0 Å². The van der Waals surface area contributed by atoms with Crippen LogP contribution in [0.15, 0.2) is 47.5 Å². The minimum Gasteiger partial charge on any atom is -0.493 e. The molecule has 26 heavy (non-hydrogen) atoms. The summed E-state index contributed by atoms with van der Waals surface area (Å²) in [5, 5.41) is 3.00. The molecule has 2 aromatic carbocycles. The molecule has 0 spiro atoms. The van der Waals surface area contributed by atoms with Crippen molar-refractivity contribution in [2.24, 2.45) is 10.7 Å². The predicted octanol–water partition coefficient (Wildman–Crippen LogP) is 3.43. The topological polar surface area (TPSA) is 78.1 Å². The van der Waals surface area contributed by atoms with Crippen LogP contribution in [0.2, 0.25) is 0 Å². The van der Waals surface area contributed by atoms with Gasteiger partial charge < -0.3 is 25.3 Å². The molecule has 0 aromatic heterocycles. The van der Waals surface area contributed by atoms with Gasteiger partial charge in [-0.25, -0.2) is 9.38 Å². The minimum absolute atomic E-state index is 0.206. The quantitative estimate of drug-likeness (QED) is 0.556. The van der Waals surface area contributed by atoms with E-state index >= 15 is 0 Å². The fourth-order valence-electron chi connectivity index (χ4n) is 2.28. The predicted molar refractivity (Wildman–Crippen MR) is 101 cm³/mol. The van der Waals surface area contributed by atoms with E-state index in [9.17, 15) is 4.39 Å². The summed E-state index contributed by atoms with van der Waals surface area (Å²) in [5.74, 6) is 1.60. The van der Waals surface area contributed by atoms with Crippen LogP contribution < -0.4 is 25.3 Å². The summed E-state index contributed by atoms with van der Waals surface area (Å²) in [5.41, 5.74) is 6.66. The van der Waals surface area contributed by atoms with Crippen LogP contribution in [-0.2, 0) is 0 Å². The molecule has 2 aromatic rings. The van der Waals surface area contributed by atoms with E-state index in [1.54, 1.807) is 38.5 Å². The maximum absolute atomic E-state index is 13.2. The first kappa shape index (κ1) is 19.4. The SMILES string of the molecule is CCC(CN=C(N)Nc1ccc(OC)c(OC)c1)Oc1cccc(F)c1. The summed E-state index contributed by atoms with van der Waals surface area (Å²) in [6.07, 6.45) is 0.506. The van der Waals surface area contributed by atoms with Gasteiger partial charge in [-0.3, -0.25) is 0 Å². The molecule has 2 rings (SSSR count). The first-order valence-electron chi connectivity index (χ1n) is 8.27. The van der Waals surface area contributed by atoms with Gasteiger partial charge in [-0.05, 0) is 30.7 Å². The Morgan fingerprint density at radius 2 is 1.92 bits per heavy atom. The molecular formula is C19H24FN3O3. The average molecular weight is 361 g/mol. The van der Waals surface area contributed by atoms with Crippen LogP contribution in [-0.4, -0.2) is 32.8 Å². The van der Waals surface area contributed by atoms with Crippen molar-refractivity contribution in [3.05, 3.63) is 48.3 Å². The Morgan fingerprint density at radius 1 is 1.15 bits per heavy atom. The summed E-state index contributed by atoms with van der Waals surface area (Å²) in [6, 6.07) is 11.4. The van der Waals surface area contributed by atoms with Gasteiger partial charge in [0.15, 0.2) is 17.5 Å². The number of hydrogen-bond donors (Lipinski definition) is 2. The highest BCUT2D eigenvalue weighted by atomic mass is 19.1. The van der Waals surface area contributed by atoms with Crippen LogP contribution in [0.4, 0.5) is 10.1 Å². The Bertz CT molecular complexity index is 753. The lowest BCUT2D eigenvalue weighted by Gasteiger charge is -2.16. The van der Waals surface area contributed by atoms with E-state index in [0.29, 0.717) is 30.2 Å². The van der Waals surface area contributed by atoms with Crippen molar-refractivity contribution >= 4 is 11.6 Å². The highest BCUT2D eigenvalue weighted by Crippen LogP contribution is 2.29. The number of guanidine groups is 1. The minimum atomic E-state index is -0.338. The molecule has 0 amide bonds. The maximum Gasteiger partial charge on any atom is 0.193 e. The Labute approximate surface area is 152 Å². The number of rotatable bonds is 8. The van der Waals surface area contributed by atoms with Gasteiger partial charge in [-0.15, -0.1) is 0 Å². The molecule has 6 nitrogen and oxygen atoms in total. The van der Waals surface area contributed by atoms with Crippen molar-refractivity contribution < 1.29 is 18.6 Å². The van der Waals surface area contributed by atoms with E-state index in [-0.39, 0.29) is 17.9 Å². The largest absolute Gasteiger partial charge is 0.493 e. The second kappa shape index (κ2) is 9.50. The van der Waals surface area contributed by atoms with Crippen LogP contribution in [0.1, 0.15) is 13.3 Å². The summed E-state index contributed by atoms with van der Waals surface area (Å²) in [6.45, 7) is 2.32. The van der Waals surface area contributed by atoms with Crippen LogP contribution in [0.5, 0.6) is 17.2 Å². The van der Waals surface area contributed by atoms with Gasteiger partial charge in [0.05, 0.1) is 20.8 Å². The highest BCUT2D eigenvalue weighted by Gasteiger charge is 2.09. The summed E-state index contributed by atoms with van der Waals surface area (Å²) < 4.78 is 29.4. The lowest BCUT2D eigenvalue weighted by molar-refractivity contribution is 0.205. The molecule has 7 heteroatoms. The summed E-state index contributed by atoms with van der Waals surface area (Å²) in [4.78, 5) is 4.30. The van der Waals surface area contributed by atoms with Gasteiger partial charge in [0.25, 0.3) is 0 Å². The molecule has 0 saturated carbocycles. The Morgan fingerprint density at radius 3 is 2.58 bits per heavy atom. The Kier molecular flexibility index (Phi) is 7.08. The van der Waals surface area contributed by atoms with Gasteiger partial charge in [-0.2, -0.15) is 0 Å². The standard InChI is InChI=1S/C19H24FN3O3/c1-4-15(26-16-7-5-6-13(20)10-16)12-22-19(21)23-14-8-9-17(24-2)18(11-14)25-3/h5-11,15H,4,12H2,1-3H3,(H3,21,22,23). The fourth-order valence-corrected chi connectivity index (χ4v) is 2.28. The number of anilines is 1. The number of nitrogens with zero attached hydrogens (tertiary/aromatic N) is 1. The number of benzene rings is 2. The number of ether oxygens (including phenoxy) is 3. The van der Waals surface area contributed by atoms with Crippen LogP contribution in [0, 0.1) is 5.82 Å². The molecule has 0 aliphatic heterocycles. The van der Waals surface area contributed by atoms with Gasteiger partial charge in [0, 0.05) is 17.8 Å². The van der Waals surface area contributed by atoms with Gasteiger partial charge >= 0.3 is 0 Å². The smallest absolute Gasteiger partial charge is 0.193 e. The second-order valence-corrected chi connectivity index (χ2v) is 5.53. The summed E-state index contributed by atoms with van der Waals surface area (Å²) >= 11 is 0. The van der Waals surface area contributed by atoms with Crippen LogP contribution in [0.25, 0.3) is 0 Å². The number of halogens is 1. The molecule has 1 unspecified atom stereocenters. The van der Waals surface area contributed by atoms with Gasteiger partial charge in [0.2, 0.25) is 0 Å². The number of nitrogens with two attached hydrogens (primary N) is 1. The molecular weight excluding hydrogens is 337 g/mol. The first-order chi connectivity index (χ1) is 12.5. The maximum atomic E-state index is 13.2. The van der Waals surface area contributed by atoms with Crippen molar-refractivity contribution in [1.82, 2.24) is 0 Å². The molecule has 0 saturated heterocycles. The lowest BCUT2D eigenvalue weighted by atomic mass is 10.2. The normalized spacial score (nSPS) is 12.4. The Hall–Kier alpha value is -2.96. The average Bonchev–Trinajstić information content (AvgIpc) is 2.65. The third-order valence-corrected chi connectivity index (χ3v) is 3.68. The summed E-state index contributed by atoms with van der Waals surface area (Å²) in [7, 11) is 3.14. The number of nitrogens with one attached hydrogen (secondary N) is 1. The van der Waals surface area contributed by atoms with E-state index in [1.807, 2.05) is 13.0 Å². The van der Waals surface area contributed by atoms with Gasteiger partial charge in [-0.1, -0.05) is 13.0 Å². The molecule has 3 N–H and O–H groups in total. The number of aliphatic imine (C=N–C) groups is 1. The third-order valence-electron chi connectivity index (χ3n) is 3.68. The lowest BCUT2D eigenvalue weighted by Crippen LogP contribution is -2.26. The van der Waals surface area contributed by atoms with E-state index < -0.39 is 0 Å². The number of hydrogen-bond acceptors (Lipinski definition) is 4. The third kappa shape index (κ3) is 5.54. The van der Waals surface area contributed by atoms with E-state index in [4.69, 9.17) is 19.9 Å². The zero-order valence-corrected chi connectivity index (χ0v) is 15.2. The second-order valence-electron chi connectivity index (χ2n) is 5.53. The van der Waals surface area contributed by atoms with Crippen molar-refractivity contribution in [1.29, 1.82) is 0 Å². The van der Waals surface area contributed by atoms with Crippen LogP contribution >= 0.6 is 0 Å². The van der Waals surface area contributed by atoms with Crippen LogP contribution in [0.3, 0.4) is 0 Å². The van der Waals surface area contributed by atoms with E-state index in [2.05, 4.69) is 10.3 Å². The molecule has 140 valence electrons. The van der Waals surface area contributed by atoms with Crippen molar-refractivity contribution in [3.8, 4) is 17.2 Å². The fraction of sp³-hybridized carbons (Fsp3) is 0.316. The molecule has 1 atom stereocenters. The number of methoxy groups -OCH3 is 2. The first-order valence-corrected chi connectivity index (χ1v) is 8.27. The van der Waals surface area contributed by atoms with Gasteiger partial charge in [0.1, 0.15) is 17.7 Å². The molecule has 0 heterocycles. The zero-order valence-electron chi connectivity index (χ0n) is 15.2. The van der Waals surface area contributed by atoms with E-state index in [0.717, 1.165) is 5.69 Å². The molecule has 0 radical (unpaired) electrons. The monoisotopic (exact) mass is 361 g/mol.